The van der Waals surface area contributed by atoms with Crippen LogP contribution in [-0.2, 0) is 0 Å². The van der Waals surface area contributed by atoms with Gasteiger partial charge in [0.2, 0.25) is 11.8 Å². The van der Waals surface area contributed by atoms with Crippen LogP contribution in [0.5, 0.6) is 0 Å². The van der Waals surface area contributed by atoms with Gasteiger partial charge in [0.1, 0.15) is 0 Å². The van der Waals surface area contributed by atoms with Gasteiger partial charge in [-0.25, -0.2) is 0 Å². The largest absolute Gasteiger partial charge is 0.419 e. The zero-order valence-electron chi connectivity index (χ0n) is 12.6. The van der Waals surface area contributed by atoms with Gasteiger partial charge in [-0.1, -0.05) is 34.9 Å². The summed E-state index contributed by atoms with van der Waals surface area (Å²) in [6.45, 7) is 1.94. The molecule has 8 nitrogen and oxygen atoms in total. The fraction of sp³-hybridized carbons (Fsp3) is 0.231. The van der Waals surface area contributed by atoms with Gasteiger partial charge in [0.15, 0.2) is 8.68 Å². The lowest BCUT2D eigenvalue weighted by Crippen LogP contribution is -1.88. The Labute approximate surface area is 149 Å². The fourth-order valence-corrected chi connectivity index (χ4v) is 4.38. The van der Waals surface area contributed by atoms with Gasteiger partial charge in [0, 0.05) is 17.7 Å². The summed E-state index contributed by atoms with van der Waals surface area (Å²) in [6, 6.07) is 5.98. The Kier molecular flexibility index (Phi) is 5.11. The number of aromatic nitrogens is 4. The first-order valence-corrected chi connectivity index (χ1v) is 9.61. The third-order valence-corrected chi connectivity index (χ3v) is 6.02. The number of nitro groups is 1. The van der Waals surface area contributed by atoms with Crippen LogP contribution < -0.4 is 0 Å². The quantitative estimate of drug-likeness (QED) is 0.354. The first-order valence-electron chi connectivity index (χ1n) is 6.69. The second-order valence-corrected chi connectivity index (χ2v) is 8.17. The molecule has 0 bridgehead atoms. The van der Waals surface area contributed by atoms with E-state index in [0.29, 0.717) is 17.3 Å². The van der Waals surface area contributed by atoms with E-state index in [1.165, 1.54) is 35.2 Å². The molecule has 1 atom stereocenters. The second kappa shape index (κ2) is 7.28. The van der Waals surface area contributed by atoms with E-state index in [1.807, 2.05) is 13.2 Å². The predicted octanol–water partition coefficient (Wildman–Crippen LogP) is 4.07. The molecule has 124 valence electrons. The first-order chi connectivity index (χ1) is 11.6. The van der Waals surface area contributed by atoms with E-state index in [1.54, 1.807) is 23.9 Å². The van der Waals surface area contributed by atoms with E-state index in [2.05, 4.69) is 20.4 Å². The molecule has 0 saturated heterocycles. The summed E-state index contributed by atoms with van der Waals surface area (Å²) in [7, 11) is 0. The van der Waals surface area contributed by atoms with Crippen molar-refractivity contribution in [2.45, 2.75) is 20.9 Å². The van der Waals surface area contributed by atoms with E-state index in [4.69, 9.17) is 4.42 Å². The molecular formula is C13H11N5O3S3. The van der Waals surface area contributed by atoms with Gasteiger partial charge in [-0.3, -0.25) is 10.1 Å². The van der Waals surface area contributed by atoms with E-state index in [-0.39, 0.29) is 10.9 Å². The molecule has 3 aromatic rings. The maximum Gasteiger partial charge on any atom is 0.269 e. The van der Waals surface area contributed by atoms with Crippen LogP contribution in [0.25, 0.3) is 11.5 Å². The molecule has 3 rings (SSSR count). The van der Waals surface area contributed by atoms with Crippen molar-refractivity contribution in [1.29, 1.82) is 0 Å². The summed E-state index contributed by atoms with van der Waals surface area (Å²) in [5.41, 5.74) is 0.653. The van der Waals surface area contributed by atoms with Gasteiger partial charge in [-0.15, -0.1) is 20.4 Å². The molecular weight excluding hydrogens is 370 g/mol. The Balaban J connectivity index is 1.73. The molecule has 0 aliphatic rings. The van der Waals surface area contributed by atoms with Crippen LogP contribution in [-0.4, -0.2) is 31.6 Å². The molecule has 2 aromatic heterocycles. The number of nitrogens with zero attached hydrogens (tertiary/aromatic N) is 5. The highest BCUT2D eigenvalue weighted by Crippen LogP contribution is 2.37. The highest BCUT2D eigenvalue weighted by Gasteiger charge is 2.19. The van der Waals surface area contributed by atoms with E-state index < -0.39 is 4.92 Å². The fourth-order valence-electron chi connectivity index (χ4n) is 1.77. The van der Waals surface area contributed by atoms with Crippen LogP contribution in [0.3, 0.4) is 0 Å². The lowest BCUT2D eigenvalue weighted by molar-refractivity contribution is -0.384. The molecule has 11 heteroatoms. The van der Waals surface area contributed by atoms with Crippen molar-refractivity contribution in [3.63, 3.8) is 0 Å². The summed E-state index contributed by atoms with van der Waals surface area (Å²) < 4.78 is 7.42. The zero-order valence-corrected chi connectivity index (χ0v) is 15.0. The van der Waals surface area contributed by atoms with Gasteiger partial charge in [-0.05, 0) is 25.3 Å². The molecule has 1 unspecified atom stereocenters. The molecule has 0 N–H and O–H groups in total. The SMILES string of the molecule is CSc1nnc(SC(C)c2nnc(-c3ccc([N+](=O)[O-])cc3)o2)s1. The van der Waals surface area contributed by atoms with Crippen LogP contribution in [0.2, 0.25) is 0 Å². The molecule has 0 aliphatic heterocycles. The highest BCUT2D eigenvalue weighted by atomic mass is 32.2. The highest BCUT2D eigenvalue weighted by molar-refractivity contribution is 8.03. The average molecular weight is 381 g/mol. The van der Waals surface area contributed by atoms with E-state index >= 15 is 0 Å². The molecule has 0 fully saturated rings. The monoisotopic (exact) mass is 381 g/mol. The summed E-state index contributed by atoms with van der Waals surface area (Å²) >= 11 is 4.56. The van der Waals surface area contributed by atoms with Gasteiger partial charge in [0.05, 0.1) is 10.2 Å². The average Bonchev–Trinajstić information content (AvgIpc) is 3.24. The van der Waals surface area contributed by atoms with E-state index in [0.717, 1.165) is 8.68 Å². The number of hydrogen-bond donors (Lipinski definition) is 0. The molecule has 24 heavy (non-hydrogen) atoms. The summed E-state index contributed by atoms with van der Waals surface area (Å²) in [4.78, 5) is 10.2. The van der Waals surface area contributed by atoms with Gasteiger partial charge >= 0.3 is 0 Å². The lowest BCUT2D eigenvalue weighted by atomic mass is 10.2. The van der Waals surface area contributed by atoms with Crippen LogP contribution in [0.4, 0.5) is 5.69 Å². The van der Waals surface area contributed by atoms with Crippen LogP contribution in [0.15, 0.2) is 37.4 Å². The third-order valence-electron chi connectivity index (χ3n) is 2.95. The molecule has 0 radical (unpaired) electrons. The van der Waals surface area contributed by atoms with Gasteiger partial charge in [0.25, 0.3) is 5.69 Å². The minimum atomic E-state index is -0.452. The minimum Gasteiger partial charge on any atom is -0.419 e. The molecule has 0 spiro atoms. The van der Waals surface area contributed by atoms with Gasteiger partial charge in [-0.2, -0.15) is 0 Å². The Morgan fingerprint density at radius 2 is 1.88 bits per heavy atom. The second-order valence-electron chi connectivity index (χ2n) is 4.55. The van der Waals surface area contributed by atoms with Crippen molar-refractivity contribution in [3.8, 4) is 11.5 Å². The van der Waals surface area contributed by atoms with Crippen LogP contribution in [0.1, 0.15) is 18.1 Å². The molecule has 1 aromatic carbocycles. The number of hydrogen-bond acceptors (Lipinski definition) is 10. The van der Waals surface area contributed by atoms with Crippen molar-refractivity contribution >= 4 is 40.5 Å². The molecule has 2 heterocycles. The van der Waals surface area contributed by atoms with Crippen molar-refractivity contribution in [3.05, 3.63) is 40.3 Å². The van der Waals surface area contributed by atoms with Crippen molar-refractivity contribution < 1.29 is 9.34 Å². The smallest absolute Gasteiger partial charge is 0.269 e. The Morgan fingerprint density at radius 3 is 2.50 bits per heavy atom. The van der Waals surface area contributed by atoms with Crippen LogP contribution in [0, 0.1) is 10.1 Å². The number of benzene rings is 1. The summed E-state index contributed by atoms with van der Waals surface area (Å²) in [6.07, 6.45) is 1.95. The number of rotatable bonds is 6. The van der Waals surface area contributed by atoms with E-state index in [9.17, 15) is 10.1 Å². The number of nitro benzene ring substituents is 1. The zero-order chi connectivity index (χ0) is 17.1. The molecule has 0 saturated carbocycles. The Hall–Kier alpha value is -1.98. The minimum absolute atomic E-state index is 0.0169. The van der Waals surface area contributed by atoms with Crippen molar-refractivity contribution in [2.24, 2.45) is 0 Å². The predicted molar refractivity (Wildman–Crippen MR) is 92.4 cm³/mol. The van der Waals surface area contributed by atoms with Crippen molar-refractivity contribution in [2.75, 3.05) is 6.26 Å². The normalized spacial score (nSPS) is 12.2. The maximum atomic E-state index is 10.7. The topological polar surface area (TPSA) is 108 Å². The summed E-state index contributed by atoms with van der Waals surface area (Å²) in [5.74, 6) is 0.795. The first kappa shape index (κ1) is 16.9. The summed E-state index contributed by atoms with van der Waals surface area (Å²) in [5, 5.41) is 26.8. The molecule has 0 amide bonds. The third kappa shape index (κ3) is 3.74. The van der Waals surface area contributed by atoms with Gasteiger partial charge < -0.3 is 4.42 Å². The Morgan fingerprint density at radius 1 is 1.17 bits per heavy atom. The lowest BCUT2D eigenvalue weighted by Gasteiger charge is -2.02. The number of non-ortho nitro benzene ring substituents is 1. The maximum absolute atomic E-state index is 10.7. The standard InChI is InChI=1S/C13H11N5O3S3/c1-7(23-13-17-16-12(22-2)24-13)10-14-15-11(21-10)8-3-5-9(6-4-8)18(19)20/h3-7H,1-2H3. The van der Waals surface area contributed by atoms with Crippen LogP contribution >= 0.6 is 34.9 Å². The molecule has 0 aliphatic carbocycles. The Bertz CT molecular complexity index is 849. The number of thioether (sulfide) groups is 2. The van der Waals surface area contributed by atoms with Crippen molar-refractivity contribution in [1.82, 2.24) is 20.4 Å².